The molecule has 21 heavy (non-hydrogen) atoms. The number of hydrogen-bond acceptors (Lipinski definition) is 5. The van der Waals surface area contributed by atoms with Crippen molar-refractivity contribution in [1.29, 1.82) is 0 Å². The summed E-state index contributed by atoms with van der Waals surface area (Å²) >= 11 is 1.63. The highest BCUT2D eigenvalue weighted by Crippen LogP contribution is 2.31. The molecule has 0 bridgehead atoms. The van der Waals surface area contributed by atoms with Gasteiger partial charge in [-0.05, 0) is 36.6 Å². The van der Waals surface area contributed by atoms with E-state index in [4.69, 9.17) is 4.52 Å². The average molecular weight is 305 g/mol. The second-order valence-electron chi connectivity index (χ2n) is 6.20. The van der Waals surface area contributed by atoms with E-state index < -0.39 is 0 Å². The van der Waals surface area contributed by atoms with Crippen molar-refractivity contribution >= 4 is 11.3 Å². The number of nitrogens with zero attached hydrogens (tertiary/aromatic N) is 2. The SMILES string of the molecule is CC(NC1CCCC(C)C1C)c1nc(-c2cccs2)no1. The molecule has 0 saturated heterocycles. The van der Waals surface area contributed by atoms with E-state index in [0.29, 0.717) is 23.7 Å². The lowest BCUT2D eigenvalue weighted by atomic mass is 9.78. The number of aromatic nitrogens is 2. The molecule has 0 spiro atoms. The highest BCUT2D eigenvalue weighted by Gasteiger charge is 2.29. The van der Waals surface area contributed by atoms with Crippen molar-refractivity contribution in [2.75, 3.05) is 0 Å². The van der Waals surface area contributed by atoms with Gasteiger partial charge in [0.25, 0.3) is 0 Å². The monoisotopic (exact) mass is 305 g/mol. The largest absolute Gasteiger partial charge is 0.337 e. The minimum absolute atomic E-state index is 0.101. The molecule has 2 heterocycles. The van der Waals surface area contributed by atoms with Crippen LogP contribution in [0.3, 0.4) is 0 Å². The lowest BCUT2D eigenvalue weighted by Crippen LogP contribution is -2.41. The van der Waals surface area contributed by atoms with Gasteiger partial charge >= 0.3 is 0 Å². The first kappa shape index (κ1) is 14.7. The van der Waals surface area contributed by atoms with Crippen LogP contribution in [-0.2, 0) is 0 Å². The van der Waals surface area contributed by atoms with Crippen LogP contribution in [0.5, 0.6) is 0 Å². The molecule has 1 fully saturated rings. The Morgan fingerprint density at radius 3 is 3.00 bits per heavy atom. The van der Waals surface area contributed by atoms with Gasteiger partial charge in [0.05, 0.1) is 10.9 Å². The molecule has 1 saturated carbocycles. The van der Waals surface area contributed by atoms with Crippen molar-refractivity contribution in [3.63, 3.8) is 0 Å². The van der Waals surface area contributed by atoms with E-state index in [2.05, 4.69) is 36.2 Å². The Morgan fingerprint density at radius 2 is 2.24 bits per heavy atom. The third kappa shape index (κ3) is 3.19. The number of hydrogen-bond donors (Lipinski definition) is 1. The average Bonchev–Trinajstić information content (AvgIpc) is 3.13. The second-order valence-corrected chi connectivity index (χ2v) is 7.14. The van der Waals surface area contributed by atoms with Crippen LogP contribution in [0.25, 0.3) is 10.7 Å². The molecule has 114 valence electrons. The fourth-order valence-corrected chi connectivity index (χ4v) is 3.78. The summed E-state index contributed by atoms with van der Waals surface area (Å²) in [5.41, 5.74) is 0. The number of nitrogens with one attached hydrogen (secondary N) is 1. The Labute approximate surface area is 130 Å². The summed E-state index contributed by atoms with van der Waals surface area (Å²) < 4.78 is 5.44. The Morgan fingerprint density at radius 1 is 1.38 bits per heavy atom. The summed E-state index contributed by atoms with van der Waals surface area (Å²) in [6, 6.07) is 4.66. The number of rotatable bonds is 4. The Bertz CT molecular complexity index is 566. The summed E-state index contributed by atoms with van der Waals surface area (Å²) in [6.07, 6.45) is 3.89. The molecular formula is C16H23N3OS. The van der Waals surface area contributed by atoms with Crippen LogP contribution in [-0.4, -0.2) is 16.2 Å². The van der Waals surface area contributed by atoms with Crippen LogP contribution in [0.1, 0.15) is 52.0 Å². The Hall–Kier alpha value is -1.20. The van der Waals surface area contributed by atoms with Crippen molar-refractivity contribution < 1.29 is 4.52 Å². The van der Waals surface area contributed by atoms with Gasteiger partial charge in [-0.3, -0.25) is 0 Å². The quantitative estimate of drug-likeness (QED) is 0.916. The first-order valence-electron chi connectivity index (χ1n) is 7.78. The molecule has 1 aliphatic rings. The maximum absolute atomic E-state index is 5.44. The van der Waals surface area contributed by atoms with Gasteiger partial charge in [-0.15, -0.1) is 11.3 Å². The fraction of sp³-hybridized carbons (Fsp3) is 0.625. The van der Waals surface area contributed by atoms with Crippen molar-refractivity contribution in [3.05, 3.63) is 23.4 Å². The summed E-state index contributed by atoms with van der Waals surface area (Å²) in [4.78, 5) is 5.58. The molecule has 0 amide bonds. The van der Waals surface area contributed by atoms with Gasteiger partial charge in [0.15, 0.2) is 0 Å². The van der Waals surface area contributed by atoms with Crippen molar-refractivity contribution in [3.8, 4) is 10.7 Å². The third-order valence-electron chi connectivity index (χ3n) is 4.72. The minimum Gasteiger partial charge on any atom is -0.337 e. The molecular weight excluding hydrogens is 282 g/mol. The standard InChI is InChI=1S/C16H23N3OS/c1-10-6-4-7-13(11(10)2)17-12(3)16-18-15(19-20-16)14-8-5-9-21-14/h5,8-13,17H,4,6-7H2,1-3H3. The first-order chi connectivity index (χ1) is 10.1. The van der Waals surface area contributed by atoms with E-state index in [1.165, 1.54) is 19.3 Å². The van der Waals surface area contributed by atoms with Gasteiger partial charge in [-0.25, -0.2) is 0 Å². The van der Waals surface area contributed by atoms with E-state index >= 15 is 0 Å². The van der Waals surface area contributed by atoms with Crippen molar-refractivity contribution in [1.82, 2.24) is 15.5 Å². The predicted molar refractivity (Wildman–Crippen MR) is 85.1 cm³/mol. The zero-order valence-electron chi connectivity index (χ0n) is 12.9. The van der Waals surface area contributed by atoms with E-state index in [-0.39, 0.29) is 6.04 Å². The van der Waals surface area contributed by atoms with Crippen LogP contribution in [0.2, 0.25) is 0 Å². The zero-order valence-corrected chi connectivity index (χ0v) is 13.7. The first-order valence-corrected chi connectivity index (χ1v) is 8.66. The highest BCUT2D eigenvalue weighted by molar-refractivity contribution is 7.13. The van der Waals surface area contributed by atoms with Gasteiger partial charge in [-0.2, -0.15) is 4.98 Å². The van der Waals surface area contributed by atoms with Gasteiger partial charge in [0.1, 0.15) is 0 Å². The molecule has 4 atom stereocenters. The lowest BCUT2D eigenvalue weighted by molar-refractivity contribution is 0.187. The molecule has 0 aromatic carbocycles. The third-order valence-corrected chi connectivity index (χ3v) is 5.59. The van der Waals surface area contributed by atoms with Crippen LogP contribution in [0.15, 0.2) is 22.0 Å². The molecule has 1 aliphatic carbocycles. The minimum atomic E-state index is 0.101. The highest BCUT2D eigenvalue weighted by atomic mass is 32.1. The molecule has 2 aromatic heterocycles. The van der Waals surface area contributed by atoms with Crippen LogP contribution >= 0.6 is 11.3 Å². The Balaban J connectivity index is 1.67. The van der Waals surface area contributed by atoms with E-state index in [1.54, 1.807) is 11.3 Å². The summed E-state index contributed by atoms with van der Waals surface area (Å²) in [5, 5.41) is 9.80. The molecule has 4 unspecified atom stereocenters. The molecule has 0 radical (unpaired) electrons. The van der Waals surface area contributed by atoms with E-state index in [9.17, 15) is 0 Å². The molecule has 1 N–H and O–H groups in total. The predicted octanol–water partition coefficient (Wildman–Crippen LogP) is 4.27. The number of thiophene rings is 1. The van der Waals surface area contributed by atoms with Crippen LogP contribution in [0, 0.1) is 11.8 Å². The summed E-state index contributed by atoms with van der Waals surface area (Å²) in [5.74, 6) is 2.86. The summed E-state index contributed by atoms with van der Waals surface area (Å²) in [6.45, 7) is 6.81. The van der Waals surface area contributed by atoms with Gasteiger partial charge in [0, 0.05) is 6.04 Å². The van der Waals surface area contributed by atoms with Gasteiger partial charge in [0.2, 0.25) is 11.7 Å². The Kier molecular flexibility index (Phi) is 4.40. The van der Waals surface area contributed by atoms with Crippen molar-refractivity contribution in [2.45, 2.75) is 52.1 Å². The fourth-order valence-electron chi connectivity index (χ4n) is 3.13. The normalized spacial score (nSPS) is 27.7. The zero-order chi connectivity index (χ0) is 14.8. The molecule has 4 nitrogen and oxygen atoms in total. The molecule has 0 aliphatic heterocycles. The summed E-state index contributed by atoms with van der Waals surface area (Å²) in [7, 11) is 0. The maximum atomic E-state index is 5.44. The lowest BCUT2D eigenvalue weighted by Gasteiger charge is -2.35. The smallest absolute Gasteiger partial charge is 0.243 e. The van der Waals surface area contributed by atoms with Crippen LogP contribution in [0.4, 0.5) is 0 Å². The van der Waals surface area contributed by atoms with E-state index in [0.717, 1.165) is 10.8 Å². The topological polar surface area (TPSA) is 51.0 Å². The van der Waals surface area contributed by atoms with Gasteiger partial charge in [-0.1, -0.05) is 37.9 Å². The van der Waals surface area contributed by atoms with E-state index in [1.807, 2.05) is 17.5 Å². The van der Waals surface area contributed by atoms with Gasteiger partial charge < -0.3 is 9.84 Å². The van der Waals surface area contributed by atoms with Crippen molar-refractivity contribution in [2.24, 2.45) is 11.8 Å². The molecule has 5 heteroatoms. The van der Waals surface area contributed by atoms with Crippen LogP contribution < -0.4 is 5.32 Å². The molecule has 2 aromatic rings. The molecule has 3 rings (SSSR count). The second kappa shape index (κ2) is 6.28. The maximum Gasteiger partial charge on any atom is 0.243 e.